The van der Waals surface area contributed by atoms with E-state index in [1.807, 2.05) is 48.5 Å². The fourth-order valence-corrected chi connectivity index (χ4v) is 6.20. The topological polar surface area (TPSA) is 110 Å². The number of carbonyl (C=O) groups excluding carboxylic acids is 5. The van der Waals surface area contributed by atoms with Gasteiger partial charge in [0.25, 0.3) is 5.91 Å². The molecule has 0 unspecified atom stereocenters. The summed E-state index contributed by atoms with van der Waals surface area (Å²) < 4.78 is 5.09. The van der Waals surface area contributed by atoms with Gasteiger partial charge in [-0.15, -0.1) is 0 Å². The van der Waals surface area contributed by atoms with Gasteiger partial charge in [0.15, 0.2) is 12.4 Å². The van der Waals surface area contributed by atoms with Crippen LogP contribution in [0.2, 0.25) is 0 Å². The molecule has 3 aromatic rings. The van der Waals surface area contributed by atoms with Gasteiger partial charge in [-0.05, 0) is 53.4 Å². The number of imide groups is 1. The van der Waals surface area contributed by atoms with Crippen LogP contribution in [0.25, 0.3) is 0 Å². The maximum atomic E-state index is 13.5. The Kier molecular flexibility index (Phi) is 5.67. The number of Topliss-reactive ketones (excluding diaryl/α,β-unsaturated/α-hetero) is 1. The van der Waals surface area contributed by atoms with E-state index in [9.17, 15) is 24.0 Å². The third kappa shape index (κ3) is 3.72. The Balaban J connectivity index is 1.15. The van der Waals surface area contributed by atoms with Crippen molar-refractivity contribution in [1.82, 2.24) is 4.90 Å². The zero-order valence-corrected chi connectivity index (χ0v) is 20.5. The Morgan fingerprint density at radius 2 is 1.24 bits per heavy atom. The van der Waals surface area contributed by atoms with Gasteiger partial charge in [-0.3, -0.25) is 28.9 Å². The quantitative estimate of drug-likeness (QED) is 0.311. The van der Waals surface area contributed by atoms with Gasteiger partial charge in [-0.2, -0.15) is 0 Å². The van der Waals surface area contributed by atoms with Crippen LogP contribution >= 0.6 is 0 Å². The smallest absolute Gasteiger partial charge is 0.326 e. The van der Waals surface area contributed by atoms with Crippen LogP contribution in [-0.2, 0) is 23.9 Å². The van der Waals surface area contributed by atoms with Crippen molar-refractivity contribution in [3.8, 4) is 0 Å². The molecule has 0 aromatic heterocycles. The number of rotatable bonds is 6. The number of likely N-dealkylation sites (tertiary alicyclic amines) is 1. The van der Waals surface area contributed by atoms with Gasteiger partial charge in [0, 0.05) is 23.1 Å². The molecule has 0 spiro atoms. The van der Waals surface area contributed by atoms with E-state index in [2.05, 4.69) is 5.32 Å². The molecule has 8 heteroatoms. The lowest BCUT2D eigenvalue weighted by molar-refractivity contribution is -0.154. The molecule has 38 heavy (non-hydrogen) atoms. The highest BCUT2D eigenvalue weighted by Crippen LogP contribution is 2.60. The van der Waals surface area contributed by atoms with Gasteiger partial charge >= 0.3 is 5.97 Å². The van der Waals surface area contributed by atoms with Crippen molar-refractivity contribution < 1.29 is 28.7 Å². The molecular weight excluding hydrogens is 484 g/mol. The summed E-state index contributed by atoms with van der Waals surface area (Å²) in [6, 6.07) is 22.1. The summed E-state index contributed by atoms with van der Waals surface area (Å²) in [6.07, 6.45) is 0. The SMILES string of the molecule is CC(=O)c1ccc(NC(=O)COC(=O)CN2C(=O)[C@@H]3C4c5ccccc5C(c5ccccc54)[C@@H]3C2=O)cc1. The molecule has 1 saturated heterocycles. The van der Waals surface area contributed by atoms with Crippen LogP contribution in [0.3, 0.4) is 0 Å². The zero-order chi connectivity index (χ0) is 26.6. The van der Waals surface area contributed by atoms with Crippen molar-refractivity contribution in [1.29, 1.82) is 0 Å². The van der Waals surface area contributed by atoms with Gasteiger partial charge in [-0.1, -0.05) is 48.5 Å². The van der Waals surface area contributed by atoms with Crippen LogP contribution in [0.1, 0.15) is 51.4 Å². The van der Waals surface area contributed by atoms with E-state index in [0.29, 0.717) is 11.3 Å². The molecule has 8 nitrogen and oxygen atoms in total. The molecule has 1 fully saturated rings. The molecule has 1 heterocycles. The van der Waals surface area contributed by atoms with E-state index in [1.54, 1.807) is 24.3 Å². The van der Waals surface area contributed by atoms with Gasteiger partial charge in [0.1, 0.15) is 6.54 Å². The first-order valence-electron chi connectivity index (χ1n) is 12.4. The summed E-state index contributed by atoms with van der Waals surface area (Å²) >= 11 is 0. The lowest BCUT2D eigenvalue weighted by atomic mass is 9.55. The molecule has 190 valence electrons. The second kappa shape index (κ2) is 9.06. The number of nitrogens with one attached hydrogen (secondary N) is 1. The molecule has 3 aliphatic carbocycles. The van der Waals surface area contributed by atoms with Crippen LogP contribution in [0.4, 0.5) is 5.69 Å². The minimum atomic E-state index is -0.838. The third-order valence-electron chi connectivity index (χ3n) is 7.77. The van der Waals surface area contributed by atoms with Crippen LogP contribution in [0.15, 0.2) is 72.8 Å². The van der Waals surface area contributed by atoms with E-state index >= 15 is 0 Å². The summed E-state index contributed by atoms with van der Waals surface area (Å²) in [7, 11) is 0. The van der Waals surface area contributed by atoms with E-state index in [4.69, 9.17) is 4.74 Å². The highest BCUT2D eigenvalue weighted by atomic mass is 16.5. The lowest BCUT2D eigenvalue weighted by Gasteiger charge is -2.45. The molecule has 3 aromatic carbocycles. The second-order valence-corrected chi connectivity index (χ2v) is 9.87. The average Bonchev–Trinajstić information content (AvgIpc) is 3.17. The summed E-state index contributed by atoms with van der Waals surface area (Å²) in [5.41, 5.74) is 5.16. The van der Waals surface area contributed by atoms with Gasteiger partial charge in [0.2, 0.25) is 11.8 Å². The number of nitrogens with zero attached hydrogens (tertiary/aromatic N) is 1. The fraction of sp³-hybridized carbons (Fsp3) is 0.233. The molecular formula is C30H24N2O6. The van der Waals surface area contributed by atoms with Crippen molar-refractivity contribution in [2.24, 2.45) is 11.8 Å². The number of ether oxygens (including phenoxy) is 1. The largest absolute Gasteiger partial charge is 0.454 e. The Hall–Kier alpha value is -4.59. The maximum Gasteiger partial charge on any atom is 0.326 e. The number of ketones is 1. The minimum Gasteiger partial charge on any atom is -0.454 e. The van der Waals surface area contributed by atoms with E-state index in [0.717, 1.165) is 27.2 Å². The third-order valence-corrected chi connectivity index (χ3v) is 7.77. The number of amides is 3. The van der Waals surface area contributed by atoms with Crippen molar-refractivity contribution in [3.63, 3.8) is 0 Å². The summed E-state index contributed by atoms with van der Waals surface area (Å²) in [6.45, 7) is 0.330. The predicted molar refractivity (Wildman–Crippen MR) is 136 cm³/mol. The number of hydrogen-bond donors (Lipinski definition) is 1. The summed E-state index contributed by atoms with van der Waals surface area (Å²) in [5.74, 6) is -3.94. The van der Waals surface area contributed by atoms with E-state index in [-0.39, 0.29) is 29.4 Å². The van der Waals surface area contributed by atoms with Crippen LogP contribution < -0.4 is 5.32 Å². The number of esters is 1. The molecule has 3 amide bonds. The molecule has 2 atom stereocenters. The molecule has 0 saturated carbocycles. The molecule has 4 aliphatic rings. The van der Waals surface area contributed by atoms with E-state index < -0.39 is 36.9 Å². The molecule has 1 aliphatic heterocycles. The van der Waals surface area contributed by atoms with Gasteiger partial charge in [-0.25, -0.2) is 0 Å². The number of hydrogen-bond acceptors (Lipinski definition) is 6. The predicted octanol–water partition coefficient (Wildman–Crippen LogP) is 3.26. The molecule has 7 rings (SSSR count). The minimum absolute atomic E-state index is 0.0941. The van der Waals surface area contributed by atoms with Crippen molar-refractivity contribution in [3.05, 3.63) is 101 Å². The Bertz CT molecular complexity index is 1400. The highest BCUT2D eigenvalue weighted by molar-refractivity contribution is 6.09. The zero-order valence-electron chi connectivity index (χ0n) is 20.5. The van der Waals surface area contributed by atoms with Gasteiger partial charge < -0.3 is 10.1 Å². The van der Waals surface area contributed by atoms with Crippen molar-refractivity contribution in [2.75, 3.05) is 18.5 Å². The van der Waals surface area contributed by atoms with Crippen LogP contribution in [0, 0.1) is 11.8 Å². The molecule has 0 radical (unpaired) electrons. The first-order valence-corrected chi connectivity index (χ1v) is 12.4. The Morgan fingerprint density at radius 3 is 1.68 bits per heavy atom. The Morgan fingerprint density at radius 1 is 0.763 bits per heavy atom. The monoisotopic (exact) mass is 508 g/mol. The number of benzene rings is 3. The maximum absolute atomic E-state index is 13.5. The number of carbonyl (C=O) groups is 5. The first kappa shape index (κ1) is 23.8. The summed E-state index contributed by atoms with van der Waals surface area (Å²) in [4.78, 5) is 64.3. The highest BCUT2D eigenvalue weighted by Gasteiger charge is 2.61. The molecule has 2 bridgehead atoms. The second-order valence-electron chi connectivity index (χ2n) is 9.87. The normalized spacial score (nSPS) is 22.4. The van der Waals surface area contributed by atoms with Crippen molar-refractivity contribution >= 4 is 35.2 Å². The van der Waals surface area contributed by atoms with Crippen LogP contribution in [-0.4, -0.2) is 47.5 Å². The van der Waals surface area contributed by atoms with Gasteiger partial charge in [0.05, 0.1) is 11.8 Å². The standard InChI is InChI=1S/C30H24N2O6/c1-16(33)17-10-12-18(13-11-17)31-23(34)15-38-24(35)14-32-29(36)27-25-19-6-2-3-7-20(19)26(28(27)30(32)37)22-9-5-4-8-21(22)25/h2-13,25-28H,14-15H2,1H3,(H,31,34)/t25?,26?,27-,28+. The fourth-order valence-electron chi connectivity index (χ4n) is 6.20. The summed E-state index contributed by atoms with van der Waals surface area (Å²) in [5, 5.41) is 2.58. The van der Waals surface area contributed by atoms with Crippen molar-refractivity contribution in [2.45, 2.75) is 18.8 Å². The molecule has 1 N–H and O–H groups in total. The first-order chi connectivity index (χ1) is 18.3. The lowest BCUT2D eigenvalue weighted by Crippen LogP contribution is -2.41. The Labute approximate surface area is 218 Å². The van der Waals surface area contributed by atoms with Crippen LogP contribution in [0.5, 0.6) is 0 Å². The number of anilines is 1. The average molecular weight is 509 g/mol. The van der Waals surface area contributed by atoms with E-state index in [1.165, 1.54) is 6.92 Å².